The number of hydrogen-bond donors (Lipinski definition) is 1. The van der Waals surface area contributed by atoms with Crippen molar-refractivity contribution in [2.24, 2.45) is 0 Å². The predicted molar refractivity (Wildman–Crippen MR) is 107 cm³/mol. The normalized spacial score (nSPS) is 10.5. The summed E-state index contributed by atoms with van der Waals surface area (Å²) in [6.07, 6.45) is 1.88. The van der Waals surface area contributed by atoms with Crippen molar-refractivity contribution in [3.8, 4) is 5.75 Å². The van der Waals surface area contributed by atoms with E-state index in [1.807, 2.05) is 43.3 Å². The number of rotatable bonds is 10. The minimum atomic E-state index is 0.0886. The number of benzene rings is 2. The van der Waals surface area contributed by atoms with Gasteiger partial charge in [-0.25, -0.2) is 0 Å². The zero-order valence-corrected chi connectivity index (χ0v) is 16.0. The molecule has 5 heteroatoms. The molecule has 25 heavy (non-hydrogen) atoms. The van der Waals surface area contributed by atoms with Crippen LogP contribution in [0.5, 0.6) is 5.75 Å². The van der Waals surface area contributed by atoms with E-state index in [0.29, 0.717) is 18.9 Å². The Kier molecular flexibility index (Phi) is 8.70. The van der Waals surface area contributed by atoms with E-state index < -0.39 is 0 Å². The van der Waals surface area contributed by atoms with Crippen molar-refractivity contribution in [3.05, 3.63) is 64.7 Å². The molecule has 0 bridgehead atoms. The highest BCUT2D eigenvalue weighted by atomic mass is 35.5. The first kappa shape index (κ1) is 19.7. The monoisotopic (exact) mass is 377 g/mol. The Morgan fingerprint density at radius 3 is 2.44 bits per heavy atom. The molecule has 0 aromatic heterocycles. The van der Waals surface area contributed by atoms with Crippen LogP contribution in [0.15, 0.2) is 48.5 Å². The molecule has 0 fully saturated rings. The van der Waals surface area contributed by atoms with Crippen molar-refractivity contribution in [2.75, 3.05) is 18.9 Å². The highest BCUT2D eigenvalue weighted by Crippen LogP contribution is 2.15. The standard InChI is InChI=1S/C20H24ClNO2S/c1-2-24-19-11-7-16(8-12-19)4-3-13-22-20(23)15-25-14-17-5-9-18(21)10-6-17/h5-12H,2-4,13-15H2,1H3,(H,22,23). The van der Waals surface area contributed by atoms with Crippen LogP contribution in [0.25, 0.3) is 0 Å². The smallest absolute Gasteiger partial charge is 0.230 e. The third-order valence-corrected chi connectivity index (χ3v) is 4.87. The Balaban J connectivity index is 1.56. The Labute approximate surface area is 159 Å². The van der Waals surface area contributed by atoms with Crippen molar-refractivity contribution in [3.63, 3.8) is 0 Å². The molecular formula is C20H24ClNO2S. The number of carbonyl (C=O) groups is 1. The molecule has 1 N–H and O–H groups in total. The second-order valence-corrected chi connectivity index (χ2v) is 7.07. The first-order valence-corrected chi connectivity index (χ1v) is 10.0. The van der Waals surface area contributed by atoms with Gasteiger partial charge in [-0.2, -0.15) is 0 Å². The van der Waals surface area contributed by atoms with E-state index in [2.05, 4.69) is 17.4 Å². The second kappa shape index (κ2) is 11.1. The molecule has 0 unspecified atom stereocenters. The fourth-order valence-electron chi connectivity index (χ4n) is 2.33. The number of nitrogens with one attached hydrogen (secondary N) is 1. The zero-order valence-electron chi connectivity index (χ0n) is 14.5. The van der Waals surface area contributed by atoms with Crippen molar-refractivity contribution in [2.45, 2.75) is 25.5 Å². The molecule has 0 aliphatic carbocycles. The Hall–Kier alpha value is -1.65. The SMILES string of the molecule is CCOc1ccc(CCCNC(=O)CSCc2ccc(Cl)cc2)cc1. The molecule has 0 aliphatic rings. The average Bonchev–Trinajstić information content (AvgIpc) is 2.62. The largest absolute Gasteiger partial charge is 0.494 e. The van der Waals surface area contributed by atoms with Gasteiger partial charge in [0.05, 0.1) is 12.4 Å². The van der Waals surface area contributed by atoms with Gasteiger partial charge in [0.2, 0.25) is 5.91 Å². The highest BCUT2D eigenvalue weighted by molar-refractivity contribution is 7.99. The quantitative estimate of drug-likeness (QED) is 0.609. The van der Waals surface area contributed by atoms with Gasteiger partial charge in [0.1, 0.15) is 5.75 Å². The van der Waals surface area contributed by atoms with Gasteiger partial charge in [-0.3, -0.25) is 4.79 Å². The maximum absolute atomic E-state index is 11.8. The van der Waals surface area contributed by atoms with Gasteiger partial charge in [-0.05, 0) is 55.2 Å². The van der Waals surface area contributed by atoms with Crippen molar-refractivity contribution in [1.29, 1.82) is 0 Å². The summed E-state index contributed by atoms with van der Waals surface area (Å²) in [4.78, 5) is 11.8. The van der Waals surface area contributed by atoms with Crippen LogP contribution >= 0.6 is 23.4 Å². The van der Waals surface area contributed by atoms with Crippen LogP contribution in [0.3, 0.4) is 0 Å². The third-order valence-electron chi connectivity index (χ3n) is 3.61. The first-order valence-electron chi connectivity index (χ1n) is 8.48. The summed E-state index contributed by atoms with van der Waals surface area (Å²) < 4.78 is 5.43. The predicted octanol–water partition coefficient (Wildman–Crippen LogP) is 4.72. The van der Waals surface area contributed by atoms with Crippen LogP contribution in [0.2, 0.25) is 5.02 Å². The van der Waals surface area contributed by atoms with Gasteiger partial charge in [0.15, 0.2) is 0 Å². The van der Waals surface area contributed by atoms with E-state index in [-0.39, 0.29) is 5.91 Å². The molecule has 134 valence electrons. The van der Waals surface area contributed by atoms with Crippen molar-refractivity contribution < 1.29 is 9.53 Å². The van der Waals surface area contributed by atoms with Crippen LogP contribution in [-0.2, 0) is 17.0 Å². The molecular weight excluding hydrogens is 354 g/mol. The minimum Gasteiger partial charge on any atom is -0.494 e. The maximum Gasteiger partial charge on any atom is 0.230 e. The molecule has 0 radical (unpaired) electrons. The number of carbonyl (C=O) groups excluding carboxylic acids is 1. The maximum atomic E-state index is 11.8. The van der Waals surface area contributed by atoms with Gasteiger partial charge in [0.25, 0.3) is 0 Å². The lowest BCUT2D eigenvalue weighted by Crippen LogP contribution is -2.26. The number of ether oxygens (including phenoxy) is 1. The fourth-order valence-corrected chi connectivity index (χ4v) is 3.28. The Bertz CT molecular complexity index is 644. The van der Waals surface area contributed by atoms with Crippen LogP contribution < -0.4 is 10.1 Å². The summed E-state index contributed by atoms with van der Waals surface area (Å²) in [5.74, 6) is 2.28. The van der Waals surface area contributed by atoms with Gasteiger partial charge < -0.3 is 10.1 Å². The molecule has 0 saturated heterocycles. The van der Waals surface area contributed by atoms with Gasteiger partial charge in [0, 0.05) is 17.3 Å². The summed E-state index contributed by atoms with van der Waals surface area (Å²) in [5.41, 5.74) is 2.44. The molecule has 0 spiro atoms. The first-order chi connectivity index (χ1) is 12.2. The van der Waals surface area contributed by atoms with Crippen molar-refractivity contribution >= 4 is 29.3 Å². The van der Waals surface area contributed by atoms with Gasteiger partial charge >= 0.3 is 0 Å². The lowest BCUT2D eigenvalue weighted by atomic mass is 10.1. The third kappa shape index (κ3) is 7.84. The van der Waals surface area contributed by atoms with E-state index in [4.69, 9.17) is 16.3 Å². The molecule has 0 heterocycles. The number of hydrogen-bond acceptors (Lipinski definition) is 3. The van der Waals surface area contributed by atoms with Crippen LogP contribution in [-0.4, -0.2) is 24.8 Å². The van der Waals surface area contributed by atoms with Crippen molar-refractivity contribution in [1.82, 2.24) is 5.32 Å². The summed E-state index contributed by atoms with van der Waals surface area (Å²) >= 11 is 7.47. The summed E-state index contributed by atoms with van der Waals surface area (Å²) in [6.45, 7) is 3.36. The molecule has 2 rings (SSSR count). The van der Waals surface area contributed by atoms with Crippen LogP contribution in [0, 0.1) is 0 Å². The van der Waals surface area contributed by atoms with E-state index in [0.717, 1.165) is 29.4 Å². The number of amides is 1. The molecule has 0 aliphatic heterocycles. The highest BCUT2D eigenvalue weighted by Gasteiger charge is 2.02. The topological polar surface area (TPSA) is 38.3 Å². The number of aryl methyl sites for hydroxylation is 1. The Morgan fingerprint density at radius 2 is 1.76 bits per heavy atom. The lowest BCUT2D eigenvalue weighted by molar-refractivity contribution is -0.118. The molecule has 0 atom stereocenters. The Morgan fingerprint density at radius 1 is 1.08 bits per heavy atom. The average molecular weight is 378 g/mol. The van der Waals surface area contributed by atoms with Crippen LogP contribution in [0.1, 0.15) is 24.5 Å². The van der Waals surface area contributed by atoms with Crippen LogP contribution in [0.4, 0.5) is 0 Å². The second-order valence-electron chi connectivity index (χ2n) is 5.65. The van der Waals surface area contributed by atoms with E-state index in [9.17, 15) is 4.79 Å². The molecule has 1 amide bonds. The number of halogens is 1. The van der Waals surface area contributed by atoms with E-state index in [1.165, 1.54) is 11.1 Å². The molecule has 2 aromatic carbocycles. The van der Waals surface area contributed by atoms with Gasteiger partial charge in [-0.15, -0.1) is 11.8 Å². The molecule has 0 saturated carbocycles. The molecule has 2 aromatic rings. The zero-order chi connectivity index (χ0) is 17.9. The summed E-state index contributed by atoms with van der Waals surface area (Å²) in [7, 11) is 0. The minimum absolute atomic E-state index is 0.0886. The van der Waals surface area contributed by atoms with Gasteiger partial charge in [-0.1, -0.05) is 35.9 Å². The molecule has 3 nitrogen and oxygen atoms in total. The lowest BCUT2D eigenvalue weighted by Gasteiger charge is -2.07. The van der Waals surface area contributed by atoms with E-state index in [1.54, 1.807) is 11.8 Å². The van der Waals surface area contributed by atoms with E-state index >= 15 is 0 Å². The summed E-state index contributed by atoms with van der Waals surface area (Å²) in [6, 6.07) is 15.9. The summed E-state index contributed by atoms with van der Waals surface area (Å²) in [5, 5.41) is 3.71. The fraction of sp³-hybridized carbons (Fsp3) is 0.350. The number of thioether (sulfide) groups is 1.